The third-order valence-corrected chi connectivity index (χ3v) is 3.88. The van der Waals surface area contributed by atoms with Gasteiger partial charge in [0.15, 0.2) is 0 Å². The van der Waals surface area contributed by atoms with E-state index in [1.165, 1.54) is 6.07 Å². The maximum Gasteiger partial charge on any atom is 0.146 e. The molecule has 0 aliphatic carbocycles. The maximum atomic E-state index is 13.9. The molecule has 2 aromatic rings. The average molecular weight is 313 g/mol. The molecule has 0 amide bonds. The number of hydrogen-bond acceptors (Lipinski definition) is 2. The lowest BCUT2D eigenvalue weighted by molar-refractivity contribution is 0.494. The van der Waals surface area contributed by atoms with Crippen molar-refractivity contribution in [2.75, 3.05) is 6.54 Å². The van der Waals surface area contributed by atoms with Gasteiger partial charge in [0.25, 0.3) is 0 Å². The van der Waals surface area contributed by atoms with Crippen LogP contribution in [0.3, 0.4) is 0 Å². The monoisotopic (exact) mass is 312 g/mol. The van der Waals surface area contributed by atoms with Gasteiger partial charge in [0.2, 0.25) is 0 Å². The van der Waals surface area contributed by atoms with E-state index in [9.17, 15) is 4.39 Å². The molecule has 1 atom stereocenters. The first kappa shape index (κ1) is 15.2. The van der Waals surface area contributed by atoms with Gasteiger partial charge in [0.05, 0.1) is 21.8 Å². The van der Waals surface area contributed by atoms with Gasteiger partial charge in [-0.05, 0) is 36.7 Å². The molecule has 2 nitrogen and oxygen atoms in total. The summed E-state index contributed by atoms with van der Waals surface area (Å²) in [6.07, 6.45) is 2.11. The third kappa shape index (κ3) is 3.48. The molecule has 0 saturated carbocycles. The number of benzene rings is 1. The van der Waals surface area contributed by atoms with Gasteiger partial charge in [-0.3, -0.25) is 4.98 Å². The summed E-state index contributed by atoms with van der Waals surface area (Å²) in [5.74, 6) is -0.323. The van der Waals surface area contributed by atoms with E-state index in [0.717, 1.165) is 5.56 Å². The van der Waals surface area contributed by atoms with E-state index in [0.29, 0.717) is 28.7 Å². The summed E-state index contributed by atoms with van der Waals surface area (Å²) in [6, 6.07) is 8.20. The van der Waals surface area contributed by atoms with Gasteiger partial charge < -0.3 is 5.32 Å². The van der Waals surface area contributed by atoms with Crippen LogP contribution in [0, 0.1) is 5.82 Å². The minimum absolute atomic E-state index is 0.239. The zero-order valence-corrected chi connectivity index (χ0v) is 12.5. The van der Waals surface area contributed by atoms with Crippen LogP contribution in [0.4, 0.5) is 4.39 Å². The van der Waals surface area contributed by atoms with Gasteiger partial charge in [0, 0.05) is 6.20 Å². The van der Waals surface area contributed by atoms with Crippen molar-refractivity contribution in [3.8, 4) is 0 Å². The normalized spacial score (nSPS) is 12.4. The molecule has 106 valence electrons. The van der Waals surface area contributed by atoms with Crippen molar-refractivity contribution < 1.29 is 4.39 Å². The fraction of sp³-hybridized carbons (Fsp3) is 0.267. The fourth-order valence-electron chi connectivity index (χ4n) is 2.09. The highest BCUT2D eigenvalue weighted by atomic mass is 35.5. The molecule has 20 heavy (non-hydrogen) atoms. The van der Waals surface area contributed by atoms with Gasteiger partial charge in [-0.15, -0.1) is 0 Å². The molecule has 0 aliphatic rings. The first-order chi connectivity index (χ1) is 9.63. The Kier molecular flexibility index (Phi) is 5.35. The molecule has 5 heteroatoms. The van der Waals surface area contributed by atoms with Crippen molar-refractivity contribution in [2.24, 2.45) is 0 Å². The molecule has 0 spiro atoms. The second-order valence-corrected chi connectivity index (χ2v) is 5.18. The van der Waals surface area contributed by atoms with Gasteiger partial charge in [-0.2, -0.15) is 0 Å². The van der Waals surface area contributed by atoms with E-state index in [1.807, 2.05) is 19.1 Å². The number of halogens is 3. The molecular formula is C15H15Cl2FN2. The summed E-state index contributed by atoms with van der Waals surface area (Å²) in [5.41, 5.74) is 1.26. The quantitative estimate of drug-likeness (QED) is 0.884. The predicted molar refractivity (Wildman–Crippen MR) is 80.8 cm³/mol. The molecule has 0 saturated heterocycles. The zero-order valence-electron chi connectivity index (χ0n) is 11.0. The van der Waals surface area contributed by atoms with Crippen LogP contribution in [-0.4, -0.2) is 11.5 Å². The average Bonchev–Trinajstić information content (AvgIpc) is 2.44. The van der Waals surface area contributed by atoms with Crippen LogP contribution < -0.4 is 5.32 Å². The Hall–Kier alpha value is -1.16. The van der Waals surface area contributed by atoms with E-state index < -0.39 is 0 Å². The van der Waals surface area contributed by atoms with Crippen molar-refractivity contribution in [1.82, 2.24) is 10.3 Å². The van der Waals surface area contributed by atoms with Crippen molar-refractivity contribution >= 4 is 23.2 Å². The minimum atomic E-state index is -0.323. The van der Waals surface area contributed by atoms with E-state index in [2.05, 4.69) is 10.3 Å². The Morgan fingerprint density at radius 3 is 2.75 bits per heavy atom. The number of nitrogens with zero attached hydrogens (tertiary/aromatic N) is 1. The van der Waals surface area contributed by atoms with Crippen LogP contribution in [0.1, 0.15) is 24.2 Å². The number of pyridine rings is 1. The molecule has 0 aliphatic heterocycles. The Labute approximate surface area is 127 Å². The molecular weight excluding hydrogens is 298 g/mol. The largest absolute Gasteiger partial charge is 0.309 e. The predicted octanol–water partition coefficient (Wildman–Crippen LogP) is 4.42. The minimum Gasteiger partial charge on any atom is -0.309 e. The van der Waals surface area contributed by atoms with Crippen molar-refractivity contribution in [1.29, 1.82) is 0 Å². The summed E-state index contributed by atoms with van der Waals surface area (Å²) in [7, 11) is 0. The lowest BCUT2D eigenvalue weighted by Crippen LogP contribution is -2.25. The van der Waals surface area contributed by atoms with Gasteiger partial charge in [-0.1, -0.05) is 42.3 Å². The maximum absolute atomic E-state index is 13.9. The highest BCUT2D eigenvalue weighted by Gasteiger charge is 2.18. The Morgan fingerprint density at radius 2 is 2.05 bits per heavy atom. The Balaban J connectivity index is 2.31. The Morgan fingerprint density at radius 1 is 1.25 bits per heavy atom. The highest BCUT2D eigenvalue weighted by molar-refractivity contribution is 6.42. The first-order valence-corrected chi connectivity index (χ1v) is 7.15. The van der Waals surface area contributed by atoms with Crippen LogP contribution >= 0.6 is 23.2 Å². The van der Waals surface area contributed by atoms with Gasteiger partial charge in [0.1, 0.15) is 5.82 Å². The van der Waals surface area contributed by atoms with E-state index in [1.54, 1.807) is 18.3 Å². The highest BCUT2D eigenvalue weighted by Crippen LogP contribution is 2.29. The lowest BCUT2D eigenvalue weighted by Gasteiger charge is -2.19. The van der Waals surface area contributed by atoms with Crippen LogP contribution in [0.2, 0.25) is 10.0 Å². The van der Waals surface area contributed by atoms with Gasteiger partial charge >= 0.3 is 0 Å². The fourth-order valence-corrected chi connectivity index (χ4v) is 2.49. The topological polar surface area (TPSA) is 24.9 Å². The number of aromatic nitrogens is 1. The van der Waals surface area contributed by atoms with E-state index in [-0.39, 0.29) is 11.9 Å². The molecule has 1 aromatic carbocycles. The molecule has 1 unspecified atom stereocenters. The standard InChI is InChI=1S/C15H15Cl2FN2/c1-2-19-13(15-12(18)7-4-8-20-15)9-10-5-3-6-11(16)14(10)17/h3-8,13,19H,2,9H2,1H3. The first-order valence-electron chi connectivity index (χ1n) is 6.40. The van der Waals surface area contributed by atoms with Crippen molar-refractivity contribution in [3.05, 3.63) is 63.6 Å². The second-order valence-electron chi connectivity index (χ2n) is 4.40. The van der Waals surface area contributed by atoms with Crippen LogP contribution in [0.25, 0.3) is 0 Å². The van der Waals surface area contributed by atoms with Gasteiger partial charge in [-0.25, -0.2) is 4.39 Å². The molecule has 0 bridgehead atoms. The van der Waals surface area contributed by atoms with Crippen LogP contribution in [-0.2, 0) is 6.42 Å². The number of rotatable bonds is 5. The summed E-state index contributed by atoms with van der Waals surface area (Å²) < 4.78 is 13.9. The molecule has 2 rings (SSSR count). The molecule has 0 fully saturated rings. The third-order valence-electron chi connectivity index (χ3n) is 3.02. The summed E-state index contributed by atoms with van der Waals surface area (Å²) in [5, 5.41) is 4.24. The smallest absolute Gasteiger partial charge is 0.146 e. The summed E-state index contributed by atoms with van der Waals surface area (Å²) in [4.78, 5) is 4.13. The molecule has 1 aromatic heterocycles. The SMILES string of the molecule is CCNC(Cc1cccc(Cl)c1Cl)c1ncccc1F. The number of nitrogens with one attached hydrogen (secondary N) is 1. The number of hydrogen-bond donors (Lipinski definition) is 1. The summed E-state index contributed by atoms with van der Waals surface area (Å²) in [6.45, 7) is 2.67. The number of likely N-dealkylation sites (N-methyl/N-ethyl adjacent to an activating group) is 1. The Bertz CT molecular complexity index is 590. The van der Waals surface area contributed by atoms with E-state index in [4.69, 9.17) is 23.2 Å². The second kappa shape index (κ2) is 7.02. The van der Waals surface area contributed by atoms with E-state index >= 15 is 0 Å². The zero-order chi connectivity index (χ0) is 14.5. The van der Waals surface area contributed by atoms with Crippen molar-refractivity contribution in [2.45, 2.75) is 19.4 Å². The molecule has 1 heterocycles. The lowest BCUT2D eigenvalue weighted by atomic mass is 10.0. The summed E-state index contributed by atoms with van der Waals surface area (Å²) >= 11 is 12.2. The molecule has 0 radical (unpaired) electrons. The van der Waals surface area contributed by atoms with Crippen molar-refractivity contribution in [3.63, 3.8) is 0 Å². The van der Waals surface area contributed by atoms with Crippen LogP contribution in [0.5, 0.6) is 0 Å². The molecule has 1 N–H and O–H groups in total. The van der Waals surface area contributed by atoms with Crippen LogP contribution in [0.15, 0.2) is 36.5 Å².